The maximum atomic E-state index is 13.4. The minimum Gasteiger partial charge on any atom is -0.508 e. The average Bonchev–Trinajstić information content (AvgIpc) is 2.37. The fourth-order valence-corrected chi connectivity index (χ4v) is 1.60. The molecule has 0 aromatic heterocycles. The number of aromatic hydroxyl groups is 1. The predicted octanol–water partition coefficient (Wildman–Crippen LogP) is 3.23. The topological polar surface area (TPSA) is 49.3 Å². The second-order valence-electron chi connectivity index (χ2n) is 4.05. The summed E-state index contributed by atoms with van der Waals surface area (Å²) in [6.45, 7) is 1.62. The fourth-order valence-electron chi connectivity index (χ4n) is 1.60. The second-order valence-corrected chi connectivity index (χ2v) is 4.05. The monoisotopic (exact) mass is 263 g/mol. The molecule has 19 heavy (non-hydrogen) atoms. The van der Waals surface area contributed by atoms with Gasteiger partial charge in [-0.1, -0.05) is 6.07 Å². The van der Waals surface area contributed by atoms with E-state index in [1.54, 1.807) is 6.92 Å². The van der Waals surface area contributed by atoms with Crippen LogP contribution in [0.15, 0.2) is 36.4 Å². The Hall–Kier alpha value is -2.43. The summed E-state index contributed by atoms with van der Waals surface area (Å²) in [4.78, 5) is 11.9. The summed E-state index contributed by atoms with van der Waals surface area (Å²) in [7, 11) is 0. The van der Waals surface area contributed by atoms with Gasteiger partial charge in [0.2, 0.25) is 0 Å². The number of rotatable bonds is 2. The van der Waals surface area contributed by atoms with E-state index in [2.05, 4.69) is 5.32 Å². The van der Waals surface area contributed by atoms with Crippen molar-refractivity contribution in [3.05, 3.63) is 59.2 Å². The number of carbonyl (C=O) groups excluding carboxylic acids is 1. The number of amides is 1. The molecule has 2 aromatic carbocycles. The number of halogens is 2. The van der Waals surface area contributed by atoms with Gasteiger partial charge in [0, 0.05) is 5.56 Å². The third-order valence-electron chi connectivity index (χ3n) is 2.66. The molecule has 2 N–H and O–H groups in total. The van der Waals surface area contributed by atoms with Crippen molar-refractivity contribution in [2.24, 2.45) is 0 Å². The maximum Gasteiger partial charge on any atom is 0.255 e. The van der Waals surface area contributed by atoms with Crippen molar-refractivity contribution in [1.29, 1.82) is 0 Å². The van der Waals surface area contributed by atoms with E-state index in [0.29, 0.717) is 5.56 Å². The lowest BCUT2D eigenvalue weighted by Gasteiger charge is -2.08. The van der Waals surface area contributed by atoms with Gasteiger partial charge in [0.15, 0.2) is 0 Å². The van der Waals surface area contributed by atoms with Crippen molar-refractivity contribution in [2.45, 2.75) is 6.92 Å². The van der Waals surface area contributed by atoms with Gasteiger partial charge in [-0.2, -0.15) is 0 Å². The van der Waals surface area contributed by atoms with Crippen LogP contribution in [-0.2, 0) is 0 Å². The molecule has 0 bridgehead atoms. The van der Waals surface area contributed by atoms with Gasteiger partial charge in [0.05, 0.1) is 0 Å². The summed E-state index contributed by atoms with van der Waals surface area (Å²) in [6, 6.07) is 7.48. The van der Waals surface area contributed by atoms with Crippen LogP contribution in [0.5, 0.6) is 5.75 Å². The molecule has 98 valence electrons. The number of aryl methyl sites for hydroxylation is 1. The first-order chi connectivity index (χ1) is 8.99. The van der Waals surface area contributed by atoms with Gasteiger partial charge in [-0.15, -0.1) is 0 Å². The molecule has 5 heteroatoms. The molecule has 0 aliphatic rings. The lowest BCUT2D eigenvalue weighted by atomic mass is 10.1. The van der Waals surface area contributed by atoms with Crippen LogP contribution in [0.3, 0.4) is 0 Å². The molecule has 0 saturated heterocycles. The van der Waals surface area contributed by atoms with Crippen LogP contribution < -0.4 is 5.32 Å². The van der Waals surface area contributed by atoms with Crippen molar-refractivity contribution in [2.75, 3.05) is 5.32 Å². The number of hydrogen-bond donors (Lipinski definition) is 2. The highest BCUT2D eigenvalue weighted by Gasteiger charge is 2.13. The average molecular weight is 263 g/mol. The van der Waals surface area contributed by atoms with Crippen LogP contribution in [0.4, 0.5) is 14.5 Å². The summed E-state index contributed by atoms with van der Waals surface area (Å²) in [5.41, 5.74) is 0.220. The number of benzene rings is 2. The Morgan fingerprint density at radius 3 is 2.37 bits per heavy atom. The van der Waals surface area contributed by atoms with Crippen molar-refractivity contribution >= 4 is 11.6 Å². The van der Waals surface area contributed by atoms with E-state index < -0.39 is 23.2 Å². The summed E-state index contributed by atoms with van der Waals surface area (Å²) >= 11 is 0. The Kier molecular flexibility index (Phi) is 3.46. The summed E-state index contributed by atoms with van der Waals surface area (Å²) in [6.07, 6.45) is 0. The van der Waals surface area contributed by atoms with Gasteiger partial charge in [0.1, 0.15) is 23.1 Å². The molecule has 1 amide bonds. The largest absolute Gasteiger partial charge is 0.508 e. The normalized spacial score (nSPS) is 10.3. The number of anilines is 1. The molecule has 0 saturated carbocycles. The summed E-state index contributed by atoms with van der Waals surface area (Å²) < 4.78 is 26.8. The smallest absolute Gasteiger partial charge is 0.255 e. The fraction of sp³-hybridized carbons (Fsp3) is 0.0714. The molecule has 2 rings (SSSR count). The molecule has 0 radical (unpaired) electrons. The molecule has 2 aromatic rings. The second kappa shape index (κ2) is 5.06. The Labute approximate surface area is 108 Å². The Morgan fingerprint density at radius 2 is 1.79 bits per heavy atom. The zero-order valence-electron chi connectivity index (χ0n) is 10.1. The number of phenols is 1. The number of hydrogen-bond acceptors (Lipinski definition) is 2. The van der Waals surface area contributed by atoms with Crippen molar-refractivity contribution in [3.63, 3.8) is 0 Å². The lowest BCUT2D eigenvalue weighted by Crippen LogP contribution is -2.14. The first-order valence-electron chi connectivity index (χ1n) is 5.54. The highest BCUT2D eigenvalue weighted by molar-refractivity contribution is 6.04. The lowest BCUT2D eigenvalue weighted by molar-refractivity contribution is 0.102. The third kappa shape index (κ3) is 2.70. The van der Waals surface area contributed by atoms with Gasteiger partial charge >= 0.3 is 0 Å². The van der Waals surface area contributed by atoms with Crippen LogP contribution in [0.2, 0.25) is 0 Å². The van der Waals surface area contributed by atoms with Crippen LogP contribution in [0, 0.1) is 18.6 Å². The molecule has 0 unspecified atom stereocenters. The van der Waals surface area contributed by atoms with Crippen molar-refractivity contribution in [3.8, 4) is 5.75 Å². The molecule has 0 atom stereocenters. The van der Waals surface area contributed by atoms with Gasteiger partial charge in [-0.05, 0) is 42.8 Å². The first kappa shape index (κ1) is 13.0. The molecule has 0 aliphatic heterocycles. The Morgan fingerprint density at radius 1 is 1.16 bits per heavy atom. The maximum absolute atomic E-state index is 13.4. The SMILES string of the molecule is Cc1cc(C(=O)Nc2c(F)cccc2F)ccc1O. The molecule has 0 heterocycles. The highest BCUT2D eigenvalue weighted by Crippen LogP contribution is 2.21. The highest BCUT2D eigenvalue weighted by atomic mass is 19.1. The molecule has 0 aliphatic carbocycles. The van der Waals surface area contributed by atoms with E-state index in [9.17, 15) is 18.7 Å². The first-order valence-corrected chi connectivity index (χ1v) is 5.54. The van der Waals surface area contributed by atoms with Crippen LogP contribution >= 0.6 is 0 Å². The summed E-state index contributed by atoms with van der Waals surface area (Å²) in [5.74, 6) is -2.28. The summed E-state index contributed by atoms with van der Waals surface area (Å²) in [5, 5.41) is 11.5. The molecular weight excluding hydrogens is 252 g/mol. The Bertz CT molecular complexity index is 621. The molecule has 3 nitrogen and oxygen atoms in total. The van der Waals surface area contributed by atoms with Crippen molar-refractivity contribution in [1.82, 2.24) is 0 Å². The predicted molar refractivity (Wildman–Crippen MR) is 67.2 cm³/mol. The van der Waals surface area contributed by atoms with E-state index in [4.69, 9.17) is 0 Å². The third-order valence-corrected chi connectivity index (χ3v) is 2.66. The minimum absolute atomic E-state index is 0.0497. The number of para-hydroxylation sites is 1. The molecule has 0 fully saturated rings. The zero-order chi connectivity index (χ0) is 14.0. The van der Waals surface area contributed by atoms with Crippen LogP contribution in [-0.4, -0.2) is 11.0 Å². The number of carbonyl (C=O) groups is 1. The number of nitrogens with one attached hydrogen (secondary N) is 1. The standard InChI is InChI=1S/C14H11F2NO2/c1-8-7-9(5-6-12(8)18)14(19)17-13-10(15)3-2-4-11(13)16/h2-7,18H,1H3,(H,17,19). The quantitative estimate of drug-likeness (QED) is 0.873. The number of phenolic OH excluding ortho intramolecular Hbond substituents is 1. The van der Waals surface area contributed by atoms with E-state index in [0.717, 1.165) is 12.1 Å². The van der Waals surface area contributed by atoms with E-state index in [-0.39, 0.29) is 11.3 Å². The zero-order valence-corrected chi connectivity index (χ0v) is 10.1. The van der Waals surface area contributed by atoms with Gasteiger partial charge in [0.25, 0.3) is 5.91 Å². The van der Waals surface area contributed by atoms with Crippen LogP contribution in [0.1, 0.15) is 15.9 Å². The molecular formula is C14H11F2NO2. The molecule has 0 spiro atoms. The van der Waals surface area contributed by atoms with Gasteiger partial charge in [-0.25, -0.2) is 8.78 Å². The minimum atomic E-state index is -0.844. The van der Waals surface area contributed by atoms with Gasteiger partial charge in [-0.3, -0.25) is 4.79 Å². The van der Waals surface area contributed by atoms with Crippen molar-refractivity contribution < 1.29 is 18.7 Å². The van der Waals surface area contributed by atoms with Gasteiger partial charge < -0.3 is 10.4 Å². The van der Waals surface area contributed by atoms with E-state index >= 15 is 0 Å². The van der Waals surface area contributed by atoms with E-state index in [1.165, 1.54) is 24.3 Å². The Balaban J connectivity index is 2.28. The van der Waals surface area contributed by atoms with Crippen LogP contribution in [0.25, 0.3) is 0 Å². The van der Waals surface area contributed by atoms with E-state index in [1.807, 2.05) is 0 Å².